The third kappa shape index (κ3) is 9.61. The Hall–Kier alpha value is -0.620. The predicted octanol–water partition coefficient (Wildman–Crippen LogP) is 10.0. The number of unbranched alkanes of at least 4 members (excludes halogenated alkanes) is 3. The Kier molecular flexibility index (Phi) is 16.3. The Labute approximate surface area is 367 Å². The molecule has 10 nitrogen and oxygen atoms in total. The molecule has 0 spiro atoms. The summed E-state index contributed by atoms with van der Waals surface area (Å²) in [6, 6.07) is 2.49. The normalized spacial score (nSPS) is 12.0. The zero-order valence-electron chi connectivity index (χ0n) is 26.5. The Bertz CT molecular complexity index is 2050. The first-order valence-corrected chi connectivity index (χ1v) is 21.0. The largest absolute Gasteiger partial charge is 0.494 e. The van der Waals surface area contributed by atoms with Crippen molar-refractivity contribution in [2.75, 3.05) is 20.3 Å². The molecule has 1 amide bonds. The number of halogens is 8. The Morgan fingerprint density at radius 2 is 1.59 bits per heavy atom. The van der Waals surface area contributed by atoms with Crippen molar-refractivity contribution in [1.29, 1.82) is 0 Å². The van der Waals surface area contributed by atoms with Gasteiger partial charge < -0.3 is 30.0 Å². The van der Waals surface area contributed by atoms with Gasteiger partial charge in [-0.05, 0) is 148 Å². The molecule has 18 heteroatoms. The number of methoxy groups -OCH3 is 1. The van der Waals surface area contributed by atoms with Crippen LogP contribution in [-0.4, -0.2) is 49.3 Å². The van der Waals surface area contributed by atoms with E-state index < -0.39 is 18.0 Å². The molecular weight excluding hydrogens is 1200 g/mol. The molecule has 0 saturated heterocycles. The van der Waals surface area contributed by atoms with E-state index in [1.54, 1.807) is 6.07 Å². The van der Waals surface area contributed by atoms with Gasteiger partial charge in [-0.2, -0.15) is 0 Å². The number of fused-ring (bicyclic) bond motifs is 2. The monoisotopic (exact) mass is 1230 g/mol. The first-order valence-electron chi connectivity index (χ1n) is 15.2. The van der Waals surface area contributed by atoms with E-state index in [-0.39, 0.29) is 61.3 Å². The first-order chi connectivity index (χ1) is 24.2. The van der Waals surface area contributed by atoms with Crippen molar-refractivity contribution in [2.24, 2.45) is 5.73 Å². The van der Waals surface area contributed by atoms with Gasteiger partial charge in [0.2, 0.25) is 11.3 Å². The van der Waals surface area contributed by atoms with Crippen LogP contribution in [0.4, 0.5) is 0 Å². The van der Waals surface area contributed by atoms with Gasteiger partial charge in [0.15, 0.2) is 11.3 Å². The molecule has 0 unspecified atom stereocenters. The molecule has 4 rings (SSSR count). The Morgan fingerprint density at radius 1 is 0.902 bits per heavy atom. The van der Waals surface area contributed by atoms with Crippen molar-refractivity contribution in [1.82, 2.24) is 5.32 Å². The minimum absolute atomic E-state index is 0.0289. The van der Waals surface area contributed by atoms with E-state index >= 15 is 0 Å². The zero-order chi connectivity index (χ0) is 37.7. The summed E-state index contributed by atoms with van der Waals surface area (Å²) in [5.41, 5.74) is 6.53. The van der Waals surface area contributed by atoms with E-state index in [0.29, 0.717) is 83.6 Å². The molecule has 0 aromatic heterocycles. The Balaban J connectivity index is 1.68. The third-order valence-corrected chi connectivity index (χ3v) is 13.2. The van der Waals surface area contributed by atoms with Crippen molar-refractivity contribution in [3.05, 3.63) is 62.3 Å². The highest BCUT2D eigenvalue weighted by atomic mass is 127. The fraction of sp³-hybridized carbons (Fsp3) is 0.333. The molecule has 0 saturated carbocycles. The van der Waals surface area contributed by atoms with Gasteiger partial charge in [0, 0.05) is 28.5 Å². The standard InChI is InChI=1S/C33H28Cl4I4N2O8/c1-49-31-16(39)12-14-19(13-11-15(38)28(45)26(40)29(13)51-30(14)27(31)41)20-21(23(35)25(37)24(36)22(20)34)33(48)50-10-6-2-3-8-18(44)43-17(32(46)47)7-4-5-9-42/h11-12,17H,2-10,42H2,1H3,(H,43,44)(H,46,47)/t17-/m0/s1. The Morgan fingerprint density at radius 3 is 2.24 bits per heavy atom. The number of carboxylic acids is 1. The van der Waals surface area contributed by atoms with E-state index in [1.807, 2.05) is 51.2 Å². The summed E-state index contributed by atoms with van der Waals surface area (Å²) in [5, 5.41) is 12.0. The van der Waals surface area contributed by atoms with Crippen molar-refractivity contribution in [3.8, 4) is 28.2 Å². The predicted molar refractivity (Wildman–Crippen MR) is 233 cm³/mol. The molecule has 0 bridgehead atoms. The molecule has 0 fully saturated rings. The molecule has 274 valence electrons. The smallest absolute Gasteiger partial charge is 0.340 e. The number of aliphatic carboxylic acids is 1. The summed E-state index contributed by atoms with van der Waals surface area (Å²) in [7, 11) is 1.54. The zero-order valence-corrected chi connectivity index (χ0v) is 38.2. The summed E-state index contributed by atoms with van der Waals surface area (Å²) in [6.07, 6.45) is 3.01. The molecule has 1 heterocycles. The summed E-state index contributed by atoms with van der Waals surface area (Å²) < 4.78 is 19.8. The minimum Gasteiger partial charge on any atom is -0.494 e. The van der Waals surface area contributed by atoms with Gasteiger partial charge in [0.1, 0.15) is 15.4 Å². The maximum atomic E-state index is 13.9. The van der Waals surface area contributed by atoms with Crippen LogP contribution in [0.2, 0.25) is 20.1 Å². The van der Waals surface area contributed by atoms with E-state index in [0.717, 1.165) is 3.57 Å². The molecule has 2 aliphatic rings. The average molecular weight is 1230 g/mol. The van der Waals surface area contributed by atoms with Gasteiger partial charge in [0.05, 0.1) is 50.1 Å². The average Bonchev–Trinajstić information content (AvgIpc) is 3.08. The molecule has 2 aromatic rings. The van der Waals surface area contributed by atoms with E-state index in [2.05, 4.69) is 50.5 Å². The van der Waals surface area contributed by atoms with E-state index in [1.165, 1.54) is 7.11 Å². The molecule has 51 heavy (non-hydrogen) atoms. The van der Waals surface area contributed by atoms with E-state index in [4.69, 9.17) is 66.0 Å². The highest BCUT2D eigenvalue weighted by Crippen LogP contribution is 2.52. The van der Waals surface area contributed by atoms with Crippen LogP contribution < -0.4 is 21.2 Å². The summed E-state index contributed by atoms with van der Waals surface area (Å²) in [5.74, 6) is -1.47. The molecule has 1 aliphatic carbocycles. The number of rotatable bonds is 15. The molecule has 1 aliphatic heterocycles. The van der Waals surface area contributed by atoms with Crippen LogP contribution in [-0.2, 0) is 14.3 Å². The molecular formula is C33H28Cl4I4N2O8. The summed E-state index contributed by atoms with van der Waals surface area (Å²) in [4.78, 5) is 50.8. The highest BCUT2D eigenvalue weighted by molar-refractivity contribution is 14.1. The number of carbonyl (C=O) groups excluding carboxylic acids is 2. The minimum atomic E-state index is -1.09. The summed E-state index contributed by atoms with van der Waals surface area (Å²) >= 11 is 34.9. The number of carboxylic acid groups (broad SMARTS) is 1. The second-order valence-corrected chi connectivity index (χ2v) is 17.1. The lowest BCUT2D eigenvalue weighted by Crippen LogP contribution is -2.40. The number of nitrogens with two attached hydrogens (primary N) is 1. The van der Waals surface area contributed by atoms with Gasteiger partial charge in [-0.3, -0.25) is 9.59 Å². The van der Waals surface area contributed by atoms with Gasteiger partial charge in [-0.15, -0.1) is 0 Å². The quantitative estimate of drug-likeness (QED) is 0.0263. The maximum Gasteiger partial charge on any atom is 0.340 e. The van der Waals surface area contributed by atoms with Gasteiger partial charge in [-0.1, -0.05) is 46.4 Å². The number of amides is 1. The van der Waals surface area contributed by atoms with Crippen molar-refractivity contribution in [3.63, 3.8) is 0 Å². The molecule has 4 N–H and O–H groups in total. The van der Waals surface area contributed by atoms with Crippen molar-refractivity contribution >= 4 is 166 Å². The second kappa shape index (κ2) is 19.3. The van der Waals surface area contributed by atoms with Crippen LogP contribution in [0.15, 0.2) is 21.3 Å². The topological polar surface area (TPSA) is 158 Å². The highest BCUT2D eigenvalue weighted by Gasteiger charge is 2.33. The van der Waals surface area contributed by atoms with Crippen LogP contribution in [0.3, 0.4) is 0 Å². The molecule has 0 radical (unpaired) electrons. The number of benzene rings is 3. The van der Waals surface area contributed by atoms with Crippen LogP contribution in [0, 0.1) is 14.3 Å². The van der Waals surface area contributed by atoms with Crippen molar-refractivity contribution < 1.29 is 33.4 Å². The number of ether oxygens (including phenoxy) is 2. The van der Waals surface area contributed by atoms with Crippen LogP contribution in [0.25, 0.3) is 33.4 Å². The lowest BCUT2D eigenvalue weighted by Gasteiger charge is -2.22. The summed E-state index contributed by atoms with van der Waals surface area (Å²) in [6.45, 7) is 0.419. The van der Waals surface area contributed by atoms with Gasteiger partial charge >= 0.3 is 11.9 Å². The van der Waals surface area contributed by atoms with Gasteiger partial charge in [-0.25, -0.2) is 9.59 Å². The number of nitrogens with one attached hydrogen (secondary N) is 1. The number of carbonyl (C=O) groups is 3. The first kappa shape index (κ1) is 43.1. The van der Waals surface area contributed by atoms with Crippen molar-refractivity contribution in [2.45, 2.75) is 51.0 Å². The fourth-order valence-electron chi connectivity index (χ4n) is 5.32. The number of hydrogen-bond donors (Lipinski definition) is 3. The third-order valence-electron chi connectivity index (χ3n) is 7.79. The lowest BCUT2D eigenvalue weighted by atomic mass is 9.90. The van der Waals surface area contributed by atoms with Crippen LogP contribution >= 0.6 is 137 Å². The number of hydrogen-bond acceptors (Lipinski definition) is 8. The fourth-order valence-corrected chi connectivity index (χ4v) is 10.4. The van der Waals surface area contributed by atoms with E-state index in [9.17, 15) is 24.3 Å². The van der Waals surface area contributed by atoms with Gasteiger partial charge in [0.25, 0.3) is 0 Å². The van der Waals surface area contributed by atoms with Crippen LogP contribution in [0.5, 0.6) is 5.75 Å². The molecule has 1 atom stereocenters. The maximum absolute atomic E-state index is 13.9. The lowest BCUT2D eigenvalue weighted by molar-refractivity contribution is -0.142. The number of esters is 1. The van der Waals surface area contributed by atoms with Crippen LogP contribution in [0.1, 0.15) is 55.3 Å². The molecule has 2 aromatic carbocycles. The second-order valence-electron chi connectivity index (χ2n) is 11.1. The SMILES string of the molecule is COc1c(I)cc2c(-c3c(Cl)c(Cl)c(Cl)c(Cl)c3C(=O)OCCCCCC(=O)N[C@@H](CCCCN)C(=O)O)c3cc(I)c(=O)c(I)c-3oc2c1I.